The number of furan rings is 1. The third kappa shape index (κ3) is 4.71. The average molecular weight is 261 g/mol. The molecule has 102 valence electrons. The highest BCUT2D eigenvalue weighted by atomic mass is 16.5. The van der Waals surface area contributed by atoms with E-state index in [0.29, 0.717) is 19.0 Å². The van der Waals surface area contributed by atoms with E-state index in [9.17, 15) is 0 Å². The Kier molecular flexibility index (Phi) is 4.16. The molecule has 2 rings (SSSR count). The van der Waals surface area contributed by atoms with Gasteiger partial charge < -0.3 is 14.5 Å². The van der Waals surface area contributed by atoms with Gasteiger partial charge in [0.2, 0.25) is 5.88 Å². The van der Waals surface area contributed by atoms with Crippen LogP contribution < -0.4 is 10.1 Å². The fourth-order valence-corrected chi connectivity index (χ4v) is 1.44. The monoisotopic (exact) mass is 261 g/mol. The highest BCUT2D eigenvalue weighted by molar-refractivity contribution is 5.09. The molecular weight excluding hydrogens is 242 g/mol. The van der Waals surface area contributed by atoms with Crippen LogP contribution in [0, 0.1) is 0 Å². The highest BCUT2D eigenvalue weighted by Crippen LogP contribution is 2.10. The summed E-state index contributed by atoms with van der Waals surface area (Å²) in [5, 5.41) is 3.36. The summed E-state index contributed by atoms with van der Waals surface area (Å²) in [4.78, 5) is 8.51. The normalized spacial score (nSPS) is 11.5. The Morgan fingerprint density at radius 3 is 2.84 bits per heavy atom. The predicted molar refractivity (Wildman–Crippen MR) is 71.7 cm³/mol. The predicted octanol–water partition coefficient (Wildman–Crippen LogP) is 2.54. The van der Waals surface area contributed by atoms with E-state index in [1.165, 1.54) is 0 Å². The van der Waals surface area contributed by atoms with Crippen molar-refractivity contribution in [3.8, 4) is 5.88 Å². The van der Waals surface area contributed by atoms with E-state index in [0.717, 1.165) is 11.5 Å². The lowest BCUT2D eigenvalue weighted by Crippen LogP contribution is -2.35. The van der Waals surface area contributed by atoms with Crippen LogP contribution in [0.3, 0.4) is 0 Å². The molecule has 0 saturated heterocycles. The Hall–Kier alpha value is -1.88. The minimum Gasteiger partial charge on any atom is -0.468 e. The molecule has 0 fully saturated rings. The maximum atomic E-state index is 5.53. The van der Waals surface area contributed by atoms with Crippen molar-refractivity contribution in [3.63, 3.8) is 0 Å². The van der Waals surface area contributed by atoms with Crippen LogP contribution >= 0.6 is 0 Å². The van der Waals surface area contributed by atoms with Crippen LogP contribution in [-0.4, -0.2) is 15.5 Å². The molecule has 0 aliphatic heterocycles. The van der Waals surface area contributed by atoms with Gasteiger partial charge in [-0.15, -0.1) is 0 Å². The first kappa shape index (κ1) is 13.5. The molecule has 0 unspecified atom stereocenters. The van der Waals surface area contributed by atoms with Crippen LogP contribution in [0.15, 0.2) is 35.2 Å². The molecule has 0 saturated carbocycles. The van der Waals surface area contributed by atoms with Crippen LogP contribution in [0.1, 0.15) is 32.2 Å². The zero-order valence-electron chi connectivity index (χ0n) is 11.5. The van der Waals surface area contributed by atoms with E-state index in [1.54, 1.807) is 18.7 Å². The standard InChI is InChI=1S/C14H19N3O2/c1-14(2,3)16-8-11-7-15-9-13(17-11)19-10-12-5-4-6-18-12/h4-7,9,16H,8,10H2,1-3H3. The van der Waals surface area contributed by atoms with Crippen LogP contribution in [0.25, 0.3) is 0 Å². The van der Waals surface area contributed by atoms with Crippen LogP contribution in [-0.2, 0) is 13.2 Å². The fraction of sp³-hybridized carbons (Fsp3) is 0.429. The van der Waals surface area contributed by atoms with E-state index < -0.39 is 0 Å². The summed E-state index contributed by atoms with van der Waals surface area (Å²) < 4.78 is 10.7. The summed E-state index contributed by atoms with van der Waals surface area (Å²) in [6.07, 6.45) is 4.95. The van der Waals surface area contributed by atoms with Gasteiger partial charge in [0.25, 0.3) is 0 Å². The van der Waals surface area contributed by atoms with Crippen LogP contribution in [0.4, 0.5) is 0 Å². The third-order valence-corrected chi connectivity index (χ3v) is 2.40. The van der Waals surface area contributed by atoms with E-state index in [4.69, 9.17) is 9.15 Å². The van der Waals surface area contributed by atoms with Crippen molar-refractivity contribution in [1.29, 1.82) is 0 Å². The second kappa shape index (κ2) is 5.84. The fourth-order valence-electron chi connectivity index (χ4n) is 1.44. The molecule has 0 aromatic carbocycles. The number of rotatable bonds is 5. The lowest BCUT2D eigenvalue weighted by atomic mass is 10.1. The number of nitrogens with zero attached hydrogens (tertiary/aromatic N) is 2. The molecule has 0 aliphatic rings. The summed E-state index contributed by atoms with van der Waals surface area (Å²) in [6.45, 7) is 7.35. The van der Waals surface area contributed by atoms with Crippen molar-refractivity contribution in [2.75, 3.05) is 0 Å². The summed E-state index contributed by atoms with van der Waals surface area (Å²) in [5.74, 6) is 1.27. The molecule has 5 heteroatoms. The highest BCUT2D eigenvalue weighted by Gasteiger charge is 2.09. The Morgan fingerprint density at radius 2 is 2.16 bits per heavy atom. The molecule has 0 spiro atoms. The summed E-state index contributed by atoms with van der Waals surface area (Å²) in [6, 6.07) is 3.69. The van der Waals surface area contributed by atoms with Gasteiger partial charge in [0.1, 0.15) is 12.4 Å². The Morgan fingerprint density at radius 1 is 1.32 bits per heavy atom. The maximum absolute atomic E-state index is 5.53. The van der Waals surface area contributed by atoms with Crippen molar-refractivity contribution in [1.82, 2.24) is 15.3 Å². The summed E-state index contributed by atoms with van der Waals surface area (Å²) >= 11 is 0. The number of aromatic nitrogens is 2. The SMILES string of the molecule is CC(C)(C)NCc1cncc(OCc2ccco2)n1. The number of hydrogen-bond donors (Lipinski definition) is 1. The van der Waals surface area contributed by atoms with Gasteiger partial charge in [-0.3, -0.25) is 4.98 Å². The van der Waals surface area contributed by atoms with Gasteiger partial charge in [-0.2, -0.15) is 0 Å². The van der Waals surface area contributed by atoms with Crippen molar-refractivity contribution in [2.24, 2.45) is 0 Å². The lowest BCUT2D eigenvalue weighted by Gasteiger charge is -2.20. The second-order valence-electron chi connectivity index (χ2n) is 5.32. The lowest BCUT2D eigenvalue weighted by molar-refractivity contribution is 0.258. The topological polar surface area (TPSA) is 60.2 Å². The molecule has 2 aromatic heterocycles. The largest absolute Gasteiger partial charge is 0.468 e. The molecular formula is C14H19N3O2. The Balaban J connectivity index is 1.91. The van der Waals surface area contributed by atoms with E-state index >= 15 is 0 Å². The third-order valence-electron chi connectivity index (χ3n) is 2.40. The van der Waals surface area contributed by atoms with Crippen molar-refractivity contribution in [2.45, 2.75) is 39.5 Å². The number of nitrogens with one attached hydrogen (secondary N) is 1. The van der Waals surface area contributed by atoms with Gasteiger partial charge in [-0.25, -0.2) is 4.98 Å². The molecule has 0 radical (unpaired) electrons. The minimum atomic E-state index is 0.0483. The molecule has 0 aliphatic carbocycles. The minimum absolute atomic E-state index is 0.0483. The zero-order chi connectivity index (χ0) is 13.7. The molecule has 0 bridgehead atoms. The molecule has 2 aromatic rings. The van der Waals surface area contributed by atoms with Crippen molar-refractivity contribution >= 4 is 0 Å². The first-order valence-corrected chi connectivity index (χ1v) is 6.24. The number of hydrogen-bond acceptors (Lipinski definition) is 5. The molecule has 2 heterocycles. The van der Waals surface area contributed by atoms with Gasteiger partial charge in [-0.1, -0.05) is 0 Å². The van der Waals surface area contributed by atoms with Crippen molar-refractivity contribution < 1.29 is 9.15 Å². The van der Waals surface area contributed by atoms with Gasteiger partial charge in [-0.05, 0) is 32.9 Å². The average Bonchev–Trinajstić information content (AvgIpc) is 2.87. The van der Waals surface area contributed by atoms with E-state index in [2.05, 4.69) is 36.1 Å². The van der Waals surface area contributed by atoms with E-state index in [1.807, 2.05) is 12.1 Å². The van der Waals surface area contributed by atoms with Crippen LogP contribution in [0.2, 0.25) is 0 Å². The van der Waals surface area contributed by atoms with Crippen LogP contribution in [0.5, 0.6) is 5.88 Å². The molecule has 5 nitrogen and oxygen atoms in total. The number of ether oxygens (including phenoxy) is 1. The van der Waals surface area contributed by atoms with Gasteiger partial charge >= 0.3 is 0 Å². The van der Waals surface area contributed by atoms with Gasteiger partial charge in [0.15, 0.2) is 0 Å². The first-order chi connectivity index (χ1) is 9.03. The first-order valence-electron chi connectivity index (χ1n) is 6.24. The van der Waals surface area contributed by atoms with Gasteiger partial charge in [0, 0.05) is 18.3 Å². The molecule has 0 amide bonds. The Bertz CT molecular complexity index is 504. The Labute approximate surface area is 113 Å². The molecule has 0 atom stereocenters. The molecule has 19 heavy (non-hydrogen) atoms. The van der Waals surface area contributed by atoms with Gasteiger partial charge in [0.05, 0.1) is 18.2 Å². The quantitative estimate of drug-likeness (QED) is 0.896. The molecule has 1 N–H and O–H groups in total. The summed E-state index contributed by atoms with van der Waals surface area (Å²) in [5.41, 5.74) is 0.902. The van der Waals surface area contributed by atoms with E-state index in [-0.39, 0.29) is 5.54 Å². The summed E-state index contributed by atoms with van der Waals surface area (Å²) in [7, 11) is 0. The van der Waals surface area contributed by atoms with Crippen molar-refractivity contribution in [3.05, 3.63) is 42.2 Å². The maximum Gasteiger partial charge on any atom is 0.233 e. The zero-order valence-corrected chi connectivity index (χ0v) is 11.5. The smallest absolute Gasteiger partial charge is 0.233 e. The second-order valence-corrected chi connectivity index (χ2v) is 5.32.